The highest BCUT2D eigenvalue weighted by Crippen LogP contribution is 2.44. The van der Waals surface area contributed by atoms with Gasteiger partial charge < -0.3 is 35.0 Å². The standard InChI is InChI=1S/C29H38ClN5O5S/c1-17(37)40-12-6-7-20-21-9-10-22(30)25(27(21)34(3)28(20)29(38)39-4)26-23(33-35-11-5-8-24(26)35)16-41-15-18(31)13-19(14-36)32-2/h9-10,13,29,31-32,36,38H,5-8,11-12,14-16H2,1-4H3/b19-13-,31-18?. The summed E-state index contributed by atoms with van der Waals surface area (Å²) < 4.78 is 14.5. The summed E-state index contributed by atoms with van der Waals surface area (Å²) in [5, 5.41) is 38.0. The Kier molecular flexibility index (Phi) is 10.5. The zero-order chi connectivity index (χ0) is 29.7. The van der Waals surface area contributed by atoms with Crippen molar-refractivity contribution < 1.29 is 24.5 Å². The third-order valence-corrected chi connectivity index (χ3v) is 8.60. The number of likely N-dealkylation sites (N-methyl/N-ethyl adjacent to an activating group) is 1. The van der Waals surface area contributed by atoms with Crippen LogP contribution in [0.2, 0.25) is 5.02 Å². The first-order valence-corrected chi connectivity index (χ1v) is 15.1. The van der Waals surface area contributed by atoms with Gasteiger partial charge in [-0.1, -0.05) is 17.7 Å². The number of allylic oxidation sites excluding steroid dienone is 1. The largest absolute Gasteiger partial charge is 0.466 e. The number of methoxy groups -OCH3 is 1. The van der Waals surface area contributed by atoms with Gasteiger partial charge in [0.1, 0.15) is 0 Å². The molecule has 2 aromatic heterocycles. The van der Waals surface area contributed by atoms with Crippen molar-refractivity contribution in [2.45, 2.75) is 51.2 Å². The number of aromatic nitrogens is 3. The van der Waals surface area contributed by atoms with Gasteiger partial charge in [-0.3, -0.25) is 9.48 Å². The number of rotatable bonds is 14. The first-order valence-electron chi connectivity index (χ1n) is 13.6. The summed E-state index contributed by atoms with van der Waals surface area (Å²) in [6.07, 6.45) is 3.56. The van der Waals surface area contributed by atoms with Crippen molar-refractivity contribution in [3.63, 3.8) is 0 Å². The molecular weight excluding hydrogens is 566 g/mol. The quantitative estimate of drug-likeness (QED) is 0.0935. The van der Waals surface area contributed by atoms with Crippen LogP contribution in [0.4, 0.5) is 0 Å². The van der Waals surface area contributed by atoms with Crippen LogP contribution in [-0.4, -0.2) is 69.4 Å². The molecule has 41 heavy (non-hydrogen) atoms. The van der Waals surface area contributed by atoms with Gasteiger partial charge >= 0.3 is 5.97 Å². The fraction of sp³-hybridized carbons (Fsp3) is 0.483. The van der Waals surface area contributed by atoms with Gasteiger partial charge in [-0.05, 0) is 43.4 Å². The van der Waals surface area contributed by atoms with Gasteiger partial charge in [-0.25, -0.2) is 0 Å². The number of aliphatic hydroxyl groups excluding tert-OH is 2. The molecule has 1 aliphatic rings. The molecule has 0 bridgehead atoms. The van der Waals surface area contributed by atoms with Gasteiger partial charge in [0.15, 0.2) is 6.29 Å². The predicted molar refractivity (Wildman–Crippen MR) is 163 cm³/mol. The Labute approximate surface area is 249 Å². The molecule has 1 aromatic carbocycles. The highest BCUT2D eigenvalue weighted by molar-refractivity contribution is 7.99. The molecule has 0 amide bonds. The number of thioether (sulfide) groups is 1. The van der Waals surface area contributed by atoms with Crippen molar-refractivity contribution in [1.82, 2.24) is 19.7 Å². The Morgan fingerprint density at radius 1 is 1.37 bits per heavy atom. The molecular formula is C29H38ClN5O5S. The number of carbonyl (C=O) groups excluding carboxylic acids is 1. The maximum absolute atomic E-state index is 11.3. The summed E-state index contributed by atoms with van der Waals surface area (Å²) in [6.45, 7) is 2.36. The number of esters is 1. The third kappa shape index (κ3) is 6.65. The zero-order valence-corrected chi connectivity index (χ0v) is 25.5. The second kappa shape index (κ2) is 13.9. The maximum Gasteiger partial charge on any atom is 0.302 e. The lowest BCUT2D eigenvalue weighted by molar-refractivity contribution is -0.141. The second-order valence-electron chi connectivity index (χ2n) is 9.96. The van der Waals surface area contributed by atoms with E-state index in [-0.39, 0.29) is 19.2 Å². The van der Waals surface area contributed by atoms with E-state index < -0.39 is 6.29 Å². The van der Waals surface area contributed by atoms with Crippen LogP contribution in [0.5, 0.6) is 0 Å². The van der Waals surface area contributed by atoms with E-state index >= 15 is 0 Å². The molecule has 0 radical (unpaired) electrons. The number of carbonyl (C=O) groups is 1. The Hall–Kier alpha value is -2.83. The number of aryl methyl sites for hydroxylation is 3. The highest BCUT2D eigenvalue weighted by atomic mass is 35.5. The van der Waals surface area contributed by atoms with Crippen LogP contribution < -0.4 is 5.32 Å². The average Bonchev–Trinajstić information content (AvgIpc) is 3.61. The molecule has 1 aliphatic heterocycles. The number of halogens is 1. The molecule has 10 nitrogen and oxygen atoms in total. The summed E-state index contributed by atoms with van der Waals surface area (Å²) >= 11 is 8.56. The van der Waals surface area contributed by atoms with Gasteiger partial charge in [0.2, 0.25) is 0 Å². The van der Waals surface area contributed by atoms with Crippen molar-refractivity contribution >= 4 is 45.9 Å². The molecule has 3 aromatic rings. The highest BCUT2D eigenvalue weighted by Gasteiger charge is 2.29. The number of hydrogen-bond donors (Lipinski definition) is 4. The molecule has 0 fully saturated rings. The minimum Gasteiger partial charge on any atom is -0.466 e. The average molecular weight is 604 g/mol. The topological polar surface area (TPSA) is 135 Å². The van der Waals surface area contributed by atoms with Gasteiger partial charge in [-0.2, -0.15) is 5.10 Å². The smallest absolute Gasteiger partial charge is 0.302 e. The Morgan fingerprint density at radius 3 is 2.83 bits per heavy atom. The van der Waals surface area contributed by atoms with Crippen LogP contribution in [0.1, 0.15) is 48.7 Å². The van der Waals surface area contributed by atoms with E-state index in [0.717, 1.165) is 58.4 Å². The summed E-state index contributed by atoms with van der Waals surface area (Å²) in [7, 11) is 5.09. The summed E-state index contributed by atoms with van der Waals surface area (Å²) in [5.41, 5.74) is 7.35. The molecule has 0 saturated carbocycles. The first kappa shape index (κ1) is 31.1. The minimum absolute atomic E-state index is 0.147. The number of ether oxygens (including phenoxy) is 2. The predicted octanol–water partition coefficient (Wildman–Crippen LogP) is 4.12. The van der Waals surface area contributed by atoms with Crippen LogP contribution in [0, 0.1) is 5.41 Å². The molecule has 0 aliphatic carbocycles. The van der Waals surface area contributed by atoms with E-state index in [1.807, 2.05) is 23.7 Å². The molecule has 4 N–H and O–H groups in total. The summed E-state index contributed by atoms with van der Waals surface area (Å²) in [5.74, 6) is 0.724. The molecule has 4 rings (SSSR count). The Balaban J connectivity index is 1.77. The van der Waals surface area contributed by atoms with E-state index in [1.54, 1.807) is 24.9 Å². The van der Waals surface area contributed by atoms with Gasteiger partial charge in [0.05, 0.1) is 35.1 Å². The van der Waals surface area contributed by atoms with Crippen molar-refractivity contribution in [2.75, 3.05) is 33.1 Å². The first-order chi connectivity index (χ1) is 19.7. The number of hydrogen-bond acceptors (Lipinski definition) is 9. The number of benzene rings is 1. The molecule has 1 unspecified atom stereocenters. The van der Waals surface area contributed by atoms with Crippen LogP contribution >= 0.6 is 23.4 Å². The Bertz CT molecular complexity index is 1460. The number of nitrogens with zero attached hydrogens (tertiary/aromatic N) is 3. The van der Waals surface area contributed by atoms with Gasteiger partial charge in [0.25, 0.3) is 0 Å². The number of aliphatic hydroxyl groups is 2. The molecule has 1 atom stereocenters. The second-order valence-corrected chi connectivity index (χ2v) is 11.4. The lowest BCUT2D eigenvalue weighted by Crippen LogP contribution is -2.12. The summed E-state index contributed by atoms with van der Waals surface area (Å²) in [6, 6.07) is 3.86. The number of nitrogens with one attached hydrogen (secondary N) is 2. The Morgan fingerprint density at radius 2 is 2.15 bits per heavy atom. The van der Waals surface area contributed by atoms with Crippen molar-refractivity contribution in [3.8, 4) is 11.1 Å². The molecule has 0 saturated heterocycles. The van der Waals surface area contributed by atoms with Crippen LogP contribution in [0.25, 0.3) is 22.0 Å². The van der Waals surface area contributed by atoms with Crippen molar-refractivity contribution in [3.05, 3.63) is 51.6 Å². The van der Waals surface area contributed by atoms with Crippen molar-refractivity contribution in [2.24, 2.45) is 7.05 Å². The lowest BCUT2D eigenvalue weighted by atomic mass is 9.97. The monoisotopic (exact) mass is 603 g/mol. The maximum atomic E-state index is 11.3. The summed E-state index contributed by atoms with van der Waals surface area (Å²) in [4.78, 5) is 11.3. The van der Waals surface area contributed by atoms with E-state index in [9.17, 15) is 15.0 Å². The minimum atomic E-state index is -1.14. The van der Waals surface area contributed by atoms with Crippen LogP contribution in [0.3, 0.4) is 0 Å². The molecule has 222 valence electrons. The van der Waals surface area contributed by atoms with Gasteiger partial charge in [-0.15, -0.1) is 11.8 Å². The fourth-order valence-electron chi connectivity index (χ4n) is 5.49. The van der Waals surface area contributed by atoms with Crippen LogP contribution in [0.15, 0.2) is 23.9 Å². The van der Waals surface area contributed by atoms with Crippen LogP contribution in [-0.2, 0) is 46.5 Å². The number of fused-ring (bicyclic) bond motifs is 2. The van der Waals surface area contributed by atoms with E-state index in [1.165, 1.54) is 14.0 Å². The van der Waals surface area contributed by atoms with Gasteiger partial charge in [0, 0.05) is 79.8 Å². The lowest BCUT2D eigenvalue weighted by Gasteiger charge is -2.14. The van der Waals surface area contributed by atoms with Crippen molar-refractivity contribution in [1.29, 1.82) is 5.41 Å². The molecule has 0 spiro atoms. The van der Waals surface area contributed by atoms with E-state index in [2.05, 4.69) is 10.00 Å². The fourth-order valence-corrected chi connectivity index (χ4v) is 6.54. The third-order valence-electron chi connectivity index (χ3n) is 7.29. The normalized spacial score (nSPS) is 14.0. The molecule has 3 heterocycles. The molecule has 12 heteroatoms. The SMILES string of the molecule is CN/C(=C\C(=N)CSCc1nn2c(c1-c1c(Cl)ccc3c(CCCOC(C)=O)c(C(O)OC)n(C)c13)CCC2)CO. The van der Waals surface area contributed by atoms with E-state index in [0.29, 0.717) is 46.5 Å². The van der Waals surface area contributed by atoms with E-state index in [4.69, 9.17) is 31.6 Å². The zero-order valence-electron chi connectivity index (χ0n) is 23.9.